The molecule has 108 valence electrons. The summed E-state index contributed by atoms with van der Waals surface area (Å²) >= 11 is 9.90. The number of nitrogens with one attached hydrogen (secondary N) is 1. The van der Waals surface area contributed by atoms with Crippen LogP contribution in [0.5, 0.6) is 0 Å². The molecule has 0 amide bonds. The van der Waals surface area contributed by atoms with Gasteiger partial charge in [0.05, 0.1) is 23.0 Å². The van der Waals surface area contributed by atoms with E-state index in [2.05, 4.69) is 59.2 Å². The summed E-state index contributed by atoms with van der Waals surface area (Å²) in [4.78, 5) is 0. The maximum Gasteiger partial charge on any atom is 0.0865 e. The third kappa shape index (κ3) is 3.01. The van der Waals surface area contributed by atoms with Crippen LogP contribution >= 0.6 is 27.5 Å². The number of nitrogens with zero attached hydrogens (tertiary/aromatic N) is 2. The van der Waals surface area contributed by atoms with Gasteiger partial charge in [0.15, 0.2) is 0 Å². The molecular weight excluding hydrogens is 338 g/mol. The molecule has 5 heteroatoms. The molecule has 0 fully saturated rings. The van der Waals surface area contributed by atoms with Crippen LogP contribution in [0.4, 0.5) is 5.69 Å². The minimum absolute atomic E-state index is 0.675. The molecule has 0 unspecified atom stereocenters. The van der Waals surface area contributed by atoms with E-state index in [1.807, 2.05) is 11.6 Å². The van der Waals surface area contributed by atoms with Crippen molar-refractivity contribution in [1.29, 1.82) is 0 Å². The van der Waals surface area contributed by atoms with Gasteiger partial charge in [-0.25, -0.2) is 0 Å². The van der Waals surface area contributed by atoms with E-state index >= 15 is 0 Å². The van der Waals surface area contributed by atoms with E-state index in [4.69, 9.17) is 11.6 Å². The summed E-state index contributed by atoms with van der Waals surface area (Å²) in [5, 5.41) is 8.61. The molecule has 0 atom stereocenters. The highest BCUT2D eigenvalue weighted by atomic mass is 79.9. The maximum absolute atomic E-state index is 6.32. The van der Waals surface area contributed by atoms with Crippen molar-refractivity contribution in [3.8, 4) is 0 Å². The van der Waals surface area contributed by atoms with Crippen molar-refractivity contribution in [3.05, 3.63) is 44.1 Å². The van der Waals surface area contributed by atoms with Crippen LogP contribution in [0.3, 0.4) is 0 Å². The van der Waals surface area contributed by atoms with Crippen molar-refractivity contribution in [2.45, 2.75) is 40.8 Å². The molecule has 2 aromatic rings. The molecule has 1 aromatic carbocycles. The topological polar surface area (TPSA) is 29.9 Å². The molecule has 0 saturated heterocycles. The van der Waals surface area contributed by atoms with Crippen LogP contribution in [0, 0.1) is 20.8 Å². The Hall–Kier alpha value is -1.000. The van der Waals surface area contributed by atoms with E-state index in [-0.39, 0.29) is 0 Å². The Morgan fingerprint density at radius 2 is 1.85 bits per heavy atom. The van der Waals surface area contributed by atoms with Crippen LogP contribution in [-0.4, -0.2) is 9.78 Å². The monoisotopic (exact) mass is 355 g/mol. The number of rotatable bonds is 4. The Bertz CT molecular complexity index is 611. The fourth-order valence-electron chi connectivity index (χ4n) is 2.27. The van der Waals surface area contributed by atoms with Gasteiger partial charge in [-0.2, -0.15) is 5.10 Å². The second-order valence-corrected chi connectivity index (χ2v) is 6.11. The van der Waals surface area contributed by atoms with E-state index in [1.54, 1.807) is 0 Å². The predicted molar refractivity (Wildman–Crippen MR) is 88.6 cm³/mol. The zero-order chi connectivity index (χ0) is 14.9. The van der Waals surface area contributed by atoms with Gasteiger partial charge in [-0.3, -0.25) is 4.68 Å². The Kier molecular flexibility index (Phi) is 4.76. The first-order valence-corrected chi connectivity index (χ1v) is 7.83. The minimum atomic E-state index is 0.675. The zero-order valence-corrected chi connectivity index (χ0v) is 14.6. The molecule has 2 rings (SSSR count). The van der Waals surface area contributed by atoms with E-state index in [0.29, 0.717) is 6.54 Å². The Morgan fingerprint density at radius 3 is 2.40 bits per heavy atom. The molecule has 0 aliphatic heterocycles. The van der Waals surface area contributed by atoms with Gasteiger partial charge in [-0.15, -0.1) is 0 Å². The average Bonchev–Trinajstić information content (AvgIpc) is 2.69. The van der Waals surface area contributed by atoms with Crippen molar-refractivity contribution in [2.75, 3.05) is 5.32 Å². The summed E-state index contributed by atoms with van der Waals surface area (Å²) < 4.78 is 3.11. The summed E-state index contributed by atoms with van der Waals surface area (Å²) in [6, 6.07) is 4.26. The number of aromatic nitrogens is 2. The highest BCUT2D eigenvalue weighted by Crippen LogP contribution is 2.26. The summed E-state index contributed by atoms with van der Waals surface area (Å²) in [6.45, 7) is 9.69. The van der Waals surface area contributed by atoms with Crippen LogP contribution in [0.2, 0.25) is 5.02 Å². The Balaban J connectivity index is 2.21. The summed E-state index contributed by atoms with van der Waals surface area (Å²) in [5.74, 6) is 0. The largest absolute Gasteiger partial charge is 0.379 e. The van der Waals surface area contributed by atoms with Gasteiger partial charge in [0.25, 0.3) is 0 Å². The third-order valence-electron chi connectivity index (χ3n) is 3.35. The molecule has 3 nitrogen and oxygen atoms in total. The molecule has 0 spiro atoms. The van der Waals surface area contributed by atoms with E-state index in [1.165, 1.54) is 11.1 Å². The van der Waals surface area contributed by atoms with Crippen molar-refractivity contribution in [3.63, 3.8) is 0 Å². The quantitative estimate of drug-likeness (QED) is 0.848. The fraction of sp³-hybridized carbons (Fsp3) is 0.400. The van der Waals surface area contributed by atoms with Gasteiger partial charge < -0.3 is 5.32 Å². The predicted octanol–water partition coefficient (Wildman–Crippen LogP) is 4.86. The Labute approximate surface area is 133 Å². The van der Waals surface area contributed by atoms with Crippen LogP contribution in [-0.2, 0) is 13.1 Å². The van der Waals surface area contributed by atoms with E-state index in [0.717, 1.165) is 33.1 Å². The van der Waals surface area contributed by atoms with Gasteiger partial charge in [-0.1, -0.05) is 27.5 Å². The molecule has 0 aliphatic carbocycles. The smallest absolute Gasteiger partial charge is 0.0865 e. The molecule has 0 radical (unpaired) electrons. The summed E-state index contributed by atoms with van der Waals surface area (Å²) in [7, 11) is 0. The molecular formula is C15H19BrClN3. The molecule has 20 heavy (non-hydrogen) atoms. The maximum atomic E-state index is 6.32. The second kappa shape index (κ2) is 6.19. The number of halogens is 2. The number of hydrogen-bond donors (Lipinski definition) is 1. The lowest BCUT2D eigenvalue weighted by atomic mass is 10.1. The highest BCUT2D eigenvalue weighted by molar-refractivity contribution is 9.10. The van der Waals surface area contributed by atoms with Gasteiger partial charge in [-0.05, 0) is 51.0 Å². The van der Waals surface area contributed by atoms with Crippen molar-refractivity contribution < 1.29 is 0 Å². The van der Waals surface area contributed by atoms with Gasteiger partial charge >= 0.3 is 0 Å². The first kappa shape index (κ1) is 15.4. The lowest BCUT2D eigenvalue weighted by molar-refractivity contribution is 0.623. The lowest BCUT2D eigenvalue weighted by Crippen LogP contribution is -2.08. The molecule has 0 aliphatic rings. The molecule has 1 heterocycles. The van der Waals surface area contributed by atoms with Crippen LogP contribution in [0.15, 0.2) is 16.6 Å². The second-order valence-electron chi connectivity index (χ2n) is 4.94. The van der Waals surface area contributed by atoms with Gasteiger partial charge in [0.2, 0.25) is 0 Å². The van der Waals surface area contributed by atoms with Crippen LogP contribution in [0.1, 0.15) is 29.4 Å². The number of hydrogen-bond acceptors (Lipinski definition) is 2. The normalized spacial score (nSPS) is 10.9. The minimum Gasteiger partial charge on any atom is -0.379 e. The highest BCUT2D eigenvalue weighted by Gasteiger charge is 2.12. The average molecular weight is 357 g/mol. The summed E-state index contributed by atoms with van der Waals surface area (Å²) in [6.07, 6.45) is 0. The third-order valence-corrected chi connectivity index (χ3v) is 5.09. The number of anilines is 1. The van der Waals surface area contributed by atoms with E-state index in [9.17, 15) is 0 Å². The van der Waals surface area contributed by atoms with E-state index < -0.39 is 0 Å². The first-order valence-electron chi connectivity index (χ1n) is 6.66. The summed E-state index contributed by atoms with van der Waals surface area (Å²) in [5.41, 5.74) is 5.46. The molecule has 1 N–H and O–H groups in total. The standard InChI is InChI=1S/C15H19BrClN3/c1-5-20-13(15(17)11(4)19-20)8-18-12-6-9(2)14(16)10(3)7-12/h6-7,18H,5,8H2,1-4H3. The van der Waals surface area contributed by atoms with Gasteiger partial charge in [0, 0.05) is 16.7 Å². The van der Waals surface area contributed by atoms with Crippen molar-refractivity contribution >= 4 is 33.2 Å². The number of benzene rings is 1. The van der Waals surface area contributed by atoms with Gasteiger partial charge in [0.1, 0.15) is 0 Å². The SMILES string of the molecule is CCn1nc(C)c(Cl)c1CNc1cc(C)c(Br)c(C)c1. The molecule has 0 saturated carbocycles. The zero-order valence-electron chi connectivity index (χ0n) is 12.2. The number of aryl methyl sites for hydroxylation is 4. The van der Waals surface area contributed by atoms with Crippen molar-refractivity contribution in [1.82, 2.24) is 9.78 Å². The molecule has 1 aromatic heterocycles. The Morgan fingerprint density at radius 1 is 1.25 bits per heavy atom. The van der Waals surface area contributed by atoms with Crippen LogP contribution in [0.25, 0.3) is 0 Å². The fourth-order valence-corrected chi connectivity index (χ4v) is 2.70. The van der Waals surface area contributed by atoms with Crippen LogP contribution < -0.4 is 5.32 Å². The van der Waals surface area contributed by atoms with Crippen molar-refractivity contribution in [2.24, 2.45) is 0 Å². The molecule has 0 bridgehead atoms. The first-order chi connectivity index (χ1) is 9.43. The lowest BCUT2D eigenvalue weighted by Gasteiger charge is -2.12.